The number of aromatic hydroxyl groups is 1. The lowest BCUT2D eigenvalue weighted by Gasteiger charge is -2.08. The second-order valence-corrected chi connectivity index (χ2v) is 3.60. The number of aldehydes is 1. The van der Waals surface area contributed by atoms with Gasteiger partial charge in [0.15, 0.2) is 17.8 Å². The summed E-state index contributed by atoms with van der Waals surface area (Å²) in [6, 6.07) is 3.05. The lowest BCUT2D eigenvalue weighted by molar-refractivity contribution is 0.0940. The monoisotopic (exact) mass is 233 g/mol. The lowest BCUT2D eigenvalue weighted by atomic mass is 10.1. The number of rotatable bonds is 2. The quantitative estimate of drug-likeness (QED) is 0.803. The summed E-state index contributed by atoms with van der Waals surface area (Å²) in [6.45, 7) is 1.37. The van der Waals surface area contributed by atoms with E-state index in [2.05, 4.69) is 0 Å². The van der Waals surface area contributed by atoms with Gasteiger partial charge in [-0.05, 0) is 12.1 Å². The van der Waals surface area contributed by atoms with Crippen molar-refractivity contribution in [3.8, 4) is 11.5 Å². The Bertz CT molecular complexity index is 612. The molecule has 1 aromatic carbocycles. The third-order valence-corrected chi connectivity index (χ3v) is 2.63. The minimum atomic E-state index is -0.250. The molecule has 5 nitrogen and oxygen atoms in total. The molecule has 0 unspecified atom stereocenters. The Morgan fingerprint density at radius 1 is 1.53 bits per heavy atom. The maximum absolute atomic E-state index is 11.4. The van der Waals surface area contributed by atoms with Crippen LogP contribution < -0.4 is 4.74 Å². The molecule has 0 aliphatic rings. The molecule has 1 aromatic heterocycles. The van der Waals surface area contributed by atoms with E-state index in [4.69, 9.17) is 4.74 Å². The summed E-state index contributed by atoms with van der Waals surface area (Å²) < 4.78 is 6.24. The number of hydrogen-bond acceptors (Lipinski definition) is 4. The van der Waals surface area contributed by atoms with Crippen molar-refractivity contribution in [2.45, 2.75) is 6.92 Å². The lowest BCUT2D eigenvalue weighted by Crippen LogP contribution is -2.03. The highest BCUT2D eigenvalue weighted by atomic mass is 16.5. The molecule has 0 saturated heterocycles. The number of ether oxygens (including phenoxy) is 1. The Morgan fingerprint density at radius 3 is 2.76 bits per heavy atom. The summed E-state index contributed by atoms with van der Waals surface area (Å²) >= 11 is 0. The van der Waals surface area contributed by atoms with E-state index in [0.29, 0.717) is 22.8 Å². The average molecular weight is 233 g/mol. The molecule has 0 bridgehead atoms. The number of phenolic OH excluding ortho intramolecular Hbond substituents is 1. The van der Waals surface area contributed by atoms with Gasteiger partial charge in [0.05, 0.1) is 7.11 Å². The van der Waals surface area contributed by atoms with E-state index >= 15 is 0 Å². The number of aromatic nitrogens is 1. The van der Waals surface area contributed by atoms with Gasteiger partial charge in [0, 0.05) is 24.1 Å². The minimum absolute atomic E-state index is 0.145. The van der Waals surface area contributed by atoms with Crippen LogP contribution >= 0.6 is 0 Å². The van der Waals surface area contributed by atoms with Crippen LogP contribution in [0.4, 0.5) is 0 Å². The fourth-order valence-corrected chi connectivity index (χ4v) is 1.83. The second-order valence-electron chi connectivity index (χ2n) is 3.60. The highest BCUT2D eigenvalue weighted by Gasteiger charge is 2.16. The molecule has 88 valence electrons. The van der Waals surface area contributed by atoms with Crippen LogP contribution in [0.1, 0.15) is 22.1 Å². The average Bonchev–Trinajstić information content (AvgIpc) is 2.75. The zero-order valence-electron chi connectivity index (χ0n) is 9.43. The smallest absolute Gasteiger partial charge is 0.228 e. The molecule has 17 heavy (non-hydrogen) atoms. The molecule has 0 atom stereocenters. The van der Waals surface area contributed by atoms with Gasteiger partial charge in [0.2, 0.25) is 5.91 Å². The predicted octanol–water partition coefficient (Wildman–Crippen LogP) is 1.83. The molecule has 1 heterocycles. The molecule has 0 aliphatic heterocycles. The molecule has 0 spiro atoms. The van der Waals surface area contributed by atoms with Gasteiger partial charge in [-0.15, -0.1) is 0 Å². The van der Waals surface area contributed by atoms with Gasteiger partial charge in [0.25, 0.3) is 0 Å². The number of hydrogen-bond donors (Lipinski definition) is 1. The third kappa shape index (κ3) is 1.56. The zero-order valence-corrected chi connectivity index (χ0v) is 9.43. The van der Waals surface area contributed by atoms with E-state index in [-0.39, 0.29) is 17.4 Å². The van der Waals surface area contributed by atoms with Gasteiger partial charge >= 0.3 is 0 Å². The van der Waals surface area contributed by atoms with Gasteiger partial charge in [0.1, 0.15) is 5.52 Å². The predicted molar refractivity (Wildman–Crippen MR) is 61.8 cm³/mol. The summed E-state index contributed by atoms with van der Waals surface area (Å²) in [5.41, 5.74) is 0.661. The van der Waals surface area contributed by atoms with Gasteiger partial charge < -0.3 is 9.84 Å². The van der Waals surface area contributed by atoms with Crippen LogP contribution in [0, 0.1) is 0 Å². The summed E-state index contributed by atoms with van der Waals surface area (Å²) in [4.78, 5) is 22.3. The topological polar surface area (TPSA) is 68.5 Å². The Kier molecular flexibility index (Phi) is 2.59. The van der Waals surface area contributed by atoms with Crippen LogP contribution in [-0.2, 0) is 0 Å². The Labute approximate surface area is 97.2 Å². The second kappa shape index (κ2) is 3.93. The summed E-state index contributed by atoms with van der Waals surface area (Å²) in [6.07, 6.45) is 2.17. The van der Waals surface area contributed by atoms with E-state index in [0.717, 1.165) is 0 Å². The van der Waals surface area contributed by atoms with Crippen LogP contribution in [0.25, 0.3) is 10.9 Å². The number of methoxy groups -OCH3 is 1. The standard InChI is InChI=1S/C12H11NO4/c1-7(15)13-4-3-9-8(6-14)5-10(17-2)12(16)11(9)13/h3-6,16H,1-2H3. The molecule has 0 saturated carbocycles. The number of nitrogens with zero attached hydrogens (tertiary/aromatic N) is 1. The fourth-order valence-electron chi connectivity index (χ4n) is 1.83. The highest BCUT2D eigenvalue weighted by molar-refractivity contribution is 6.04. The summed E-state index contributed by atoms with van der Waals surface area (Å²) in [7, 11) is 1.39. The molecule has 0 amide bonds. The highest BCUT2D eigenvalue weighted by Crippen LogP contribution is 2.36. The van der Waals surface area contributed by atoms with Crippen molar-refractivity contribution in [2.75, 3.05) is 7.11 Å². The van der Waals surface area contributed by atoms with Gasteiger partial charge in [-0.3, -0.25) is 14.2 Å². The first kappa shape index (κ1) is 11.2. The normalized spacial score (nSPS) is 10.5. The molecule has 1 N–H and O–H groups in total. The fraction of sp³-hybridized carbons (Fsp3) is 0.167. The van der Waals surface area contributed by atoms with Crippen LogP contribution in [-0.4, -0.2) is 29.0 Å². The zero-order chi connectivity index (χ0) is 12.6. The van der Waals surface area contributed by atoms with Crippen LogP contribution in [0.3, 0.4) is 0 Å². The molecule has 0 fully saturated rings. The Morgan fingerprint density at radius 2 is 2.24 bits per heavy atom. The van der Waals surface area contributed by atoms with Crippen LogP contribution in [0.5, 0.6) is 11.5 Å². The molecule has 0 radical (unpaired) electrons. The van der Waals surface area contributed by atoms with E-state index in [1.807, 2.05) is 0 Å². The Hall–Kier alpha value is -2.30. The molecule has 2 aromatic rings. The van der Waals surface area contributed by atoms with Crippen molar-refractivity contribution in [1.29, 1.82) is 0 Å². The third-order valence-electron chi connectivity index (χ3n) is 2.63. The number of fused-ring (bicyclic) bond motifs is 1. The summed E-state index contributed by atoms with van der Waals surface area (Å²) in [5.74, 6) is -0.227. The maximum Gasteiger partial charge on any atom is 0.228 e. The maximum atomic E-state index is 11.4. The van der Waals surface area contributed by atoms with Crippen molar-refractivity contribution >= 4 is 23.1 Å². The first-order chi connectivity index (χ1) is 8.10. The first-order valence-electron chi connectivity index (χ1n) is 4.97. The Balaban J connectivity index is 2.93. The van der Waals surface area contributed by atoms with Crippen molar-refractivity contribution < 1.29 is 19.4 Å². The van der Waals surface area contributed by atoms with Crippen molar-refractivity contribution in [1.82, 2.24) is 4.57 Å². The molecule has 5 heteroatoms. The molecule has 2 rings (SSSR count). The van der Waals surface area contributed by atoms with Gasteiger partial charge in [-0.1, -0.05) is 0 Å². The van der Waals surface area contributed by atoms with Crippen molar-refractivity contribution in [2.24, 2.45) is 0 Å². The largest absolute Gasteiger partial charge is 0.503 e. The number of carbonyl (C=O) groups is 2. The first-order valence-corrected chi connectivity index (χ1v) is 4.97. The number of benzene rings is 1. The van der Waals surface area contributed by atoms with Gasteiger partial charge in [-0.2, -0.15) is 0 Å². The number of phenols is 1. The van der Waals surface area contributed by atoms with Gasteiger partial charge in [-0.25, -0.2) is 0 Å². The molecule has 0 aliphatic carbocycles. The number of carbonyl (C=O) groups excluding carboxylic acids is 2. The van der Waals surface area contributed by atoms with Crippen molar-refractivity contribution in [3.63, 3.8) is 0 Å². The van der Waals surface area contributed by atoms with E-state index < -0.39 is 0 Å². The molecular formula is C12H11NO4. The summed E-state index contributed by atoms with van der Waals surface area (Å²) in [5, 5.41) is 10.5. The molecular weight excluding hydrogens is 222 g/mol. The van der Waals surface area contributed by atoms with E-state index in [1.165, 1.54) is 30.9 Å². The van der Waals surface area contributed by atoms with E-state index in [1.54, 1.807) is 6.07 Å². The van der Waals surface area contributed by atoms with E-state index in [9.17, 15) is 14.7 Å². The van der Waals surface area contributed by atoms with Crippen LogP contribution in [0.2, 0.25) is 0 Å². The SMILES string of the molecule is COc1cc(C=O)c2ccn(C(C)=O)c2c1O. The van der Waals surface area contributed by atoms with Crippen molar-refractivity contribution in [3.05, 3.63) is 23.9 Å². The minimum Gasteiger partial charge on any atom is -0.503 e. The van der Waals surface area contributed by atoms with Crippen LogP contribution in [0.15, 0.2) is 18.3 Å².